The first-order chi connectivity index (χ1) is 4.13. The van der Waals surface area contributed by atoms with Crippen LogP contribution >= 0.6 is 31.9 Å². The van der Waals surface area contributed by atoms with Crippen LogP contribution in [0.2, 0.25) is 0 Å². The van der Waals surface area contributed by atoms with E-state index in [9.17, 15) is 9.59 Å². The lowest BCUT2D eigenvalue weighted by molar-refractivity contribution is -0.124. The lowest BCUT2D eigenvalue weighted by Gasteiger charge is -1.95. The number of hydrogen-bond donors (Lipinski definition) is 1. The molecule has 1 fully saturated rings. The van der Waals surface area contributed by atoms with E-state index in [2.05, 4.69) is 37.2 Å². The first-order valence-corrected chi connectivity index (χ1v) is 4.09. The van der Waals surface area contributed by atoms with Gasteiger partial charge >= 0.3 is 0 Å². The fourth-order valence-corrected chi connectivity index (χ4v) is 1.23. The Bertz CT molecular complexity index is 152. The summed E-state index contributed by atoms with van der Waals surface area (Å²) in [5.41, 5.74) is 0. The molecule has 3 nitrogen and oxygen atoms in total. The van der Waals surface area contributed by atoms with Crippen molar-refractivity contribution in [3.05, 3.63) is 0 Å². The maximum Gasteiger partial charge on any atom is 0.242 e. The van der Waals surface area contributed by atoms with E-state index in [0.29, 0.717) is 0 Å². The normalized spacial score (nSPS) is 34.9. The molecule has 0 spiro atoms. The third-order valence-electron chi connectivity index (χ3n) is 1.00. The lowest BCUT2D eigenvalue weighted by atomic mass is 10.4. The Hall–Kier alpha value is 0.1000. The van der Waals surface area contributed by atoms with Crippen molar-refractivity contribution < 1.29 is 9.59 Å². The van der Waals surface area contributed by atoms with E-state index >= 15 is 0 Å². The van der Waals surface area contributed by atoms with Crippen molar-refractivity contribution in [3.8, 4) is 0 Å². The number of imide groups is 1. The molecule has 1 aliphatic heterocycles. The standard InChI is InChI=1S/C4H3Br2NO2/c5-1-2(6)4(9)7-3(1)8/h1-2H,(H,7,8,9). The summed E-state index contributed by atoms with van der Waals surface area (Å²) in [6.45, 7) is 0. The lowest BCUT2D eigenvalue weighted by Crippen LogP contribution is -2.22. The molecule has 0 aromatic rings. The zero-order chi connectivity index (χ0) is 7.02. The van der Waals surface area contributed by atoms with Gasteiger partial charge in [-0.1, -0.05) is 31.9 Å². The Morgan fingerprint density at radius 3 is 1.56 bits per heavy atom. The molecule has 1 rings (SSSR count). The quantitative estimate of drug-likeness (QED) is 0.496. The number of halogens is 2. The van der Waals surface area contributed by atoms with Crippen LogP contribution in [0.15, 0.2) is 0 Å². The molecule has 9 heavy (non-hydrogen) atoms. The van der Waals surface area contributed by atoms with Crippen LogP contribution in [0, 0.1) is 0 Å². The van der Waals surface area contributed by atoms with Crippen LogP contribution in [0.3, 0.4) is 0 Å². The third-order valence-corrected chi connectivity index (χ3v) is 3.60. The topological polar surface area (TPSA) is 46.2 Å². The van der Waals surface area contributed by atoms with Gasteiger partial charge in [0.2, 0.25) is 11.8 Å². The molecule has 1 saturated heterocycles. The second-order valence-electron chi connectivity index (χ2n) is 1.66. The summed E-state index contributed by atoms with van der Waals surface area (Å²) in [6.07, 6.45) is 0. The summed E-state index contributed by atoms with van der Waals surface area (Å²) in [5.74, 6) is -0.552. The second-order valence-corrected chi connectivity index (χ2v) is 3.63. The Labute approximate surface area is 68.4 Å². The van der Waals surface area contributed by atoms with E-state index in [1.807, 2.05) is 0 Å². The maximum absolute atomic E-state index is 10.6. The van der Waals surface area contributed by atoms with Gasteiger partial charge in [0.15, 0.2) is 0 Å². The first-order valence-electron chi connectivity index (χ1n) is 2.26. The van der Waals surface area contributed by atoms with Gasteiger partial charge in [0, 0.05) is 0 Å². The molecule has 1 N–H and O–H groups in total. The number of carbonyl (C=O) groups excluding carboxylic acids is 2. The number of nitrogens with one attached hydrogen (secondary N) is 1. The summed E-state index contributed by atoms with van der Waals surface area (Å²) in [5, 5.41) is 2.14. The molecular formula is C4H3Br2NO2. The summed E-state index contributed by atoms with van der Waals surface area (Å²) >= 11 is 6.06. The van der Waals surface area contributed by atoms with E-state index in [0.717, 1.165) is 0 Å². The van der Waals surface area contributed by atoms with E-state index in [1.165, 1.54) is 0 Å². The maximum atomic E-state index is 10.6. The monoisotopic (exact) mass is 255 g/mol. The molecule has 1 heterocycles. The predicted octanol–water partition coefficient (Wildman–Crippen LogP) is 0.170. The van der Waals surface area contributed by atoms with Gasteiger partial charge in [-0.15, -0.1) is 0 Å². The Morgan fingerprint density at radius 1 is 1.11 bits per heavy atom. The number of hydrogen-bond acceptors (Lipinski definition) is 2. The van der Waals surface area contributed by atoms with E-state index in [-0.39, 0.29) is 11.8 Å². The third kappa shape index (κ3) is 1.16. The molecule has 0 aliphatic carbocycles. The number of amides is 2. The molecule has 2 atom stereocenters. The zero-order valence-corrected chi connectivity index (χ0v) is 7.40. The van der Waals surface area contributed by atoms with Gasteiger partial charge in [-0.2, -0.15) is 0 Å². The van der Waals surface area contributed by atoms with Crippen LogP contribution in [-0.4, -0.2) is 21.5 Å². The van der Waals surface area contributed by atoms with Crippen LogP contribution in [-0.2, 0) is 9.59 Å². The second kappa shape index (κ2) is 2.38. The van der Waals surface area contributed by atoms with Gasteiger partial charge in [-0.05, 0) is 0 Å². The van der Waals surface area contributed by atoms with Gasteiger partial charge < -0.3 is 0 Å². The number of rotatable bonds is 0. The summed E-state index contributed by atoms with van der Waals surface area (Å²) < 4.78 is 0. The van der Waals surface area contributed by atoms with Crippen LogP contribution in [0.4, 0.5) is 0 Å². The Kier molecular flexibility index (Phi) is 1.91. The molecule has 2 unspecified atom stereocenters. The number of carbonyl (C=O) groups is 2. The molecule has 0 saturated carbocycles. The minimum Gasteiger partial charge on any atom is -0.294 e. The molecule has 5 heteroatoms. The fourth-order valence-electron chi connectivity index (χ4n) is 0.525. The fraction of sp³-hybridized carbons (Fsp3) is 0.500. The molecule has 2 amide bonds. The highest BCUT2D eigenvalue weighted by atomic mass is 79.9. The van der Waals surface area contributed by atoms with Crippen molar-refractivity contribution in [2.24, 2.45) is 0 Å². The molecule has 0 aromatic carbocycles. The Balaban J connectivity index is 2.77. The van der Waals surface area contributed by atoms with Gasteiger partial charge in [0.1, 0.15) is 9.65 Å². The molecule has 1 aliphatic rings. The summed E-state index contributed by atoms with van der Waals surface area (Å²) in [4.78, 5) is 20.3. The van der Waals surface area contributed by atoms with Crippen LogP contribution in [0.25, 0.3) is 0 Å². The van der Waals surface area contributed by atoms with Gasteiger partial charge in [0.05, 0.1) is 0 Å². The minimum atomic E-state index is -0.412. The highest BCUT2D eigenvalue weighted by molar-refractivity contribution is 9.12. The van der Waals surface area contributed by atoms with Crippen molar-refractivity contribution in [2.75, 3.05) is 0 Å². The molecule has 0 bridgehead atoms. The summed E-state index contributed by atoms with van der Waals surface area (Å²) in [7, 11) is 0. The molecule has 0 aromatic heterocycles. The van der Waals surface area contributed by atoms with Crippen molar-refractivity contribution in [3.63, 3.8) is 0 Å². The minimum absolute atomic E-state index is 0.276. The van der Waals surface area contributed by atoms with Crippen LogP contribution < -0.4 is 5.32 Å². The van der Waals surface area contributed by atoms with Crippen LogP contribution in [0.5, 0.6) is 0 Å². The van der Waals surface area contributed by atoms with Crippen molar-refractivity contribution >= 4 is 43.7 Å². The molecule has 0 radical (unpaired) electrons. The smallest absolute Gasteiger partial charge is 0.242 e. The van der Waals surface area contributed by atoms with Gasteiger partial charge in [-0.3, -0.25) is 14.9 Å². The number of alkyl halides is 2. The van der Waals surface area contributed by atoms with Crippen molar-refractivity contribution in [1.82, 2.24) is 5.32 Å². The van der Waals surface area contributed by atoms with Gasteiger partial charge in [0.25, 0.3) is 0 Å². The zero-order valence-electron chi connectivity index (χ0n) is 4.23. The average molecular weight is 257 g/mol. The summed E-state index contributed by atoms with van der Waals surface area (Å²) in [6, 6.07) is 0. The van der Waals surface area contributed by atoms with E-state index in [4.69, 9.17) is 0 Å². The Morgan fingerprint density at radius 2 is 1.44 bits per heavy atom. The SMILES string of the molecule is O=C1NC(=O)C(Br)C1Br. The van der Waals surface area contributed by atoms with Crippen molar-refractivity contribution in [2.45, 2.75) is 9.65 Å². The molecule has 50 valence electrons. The van der Waals surface area contributed by atoms with Gasteiger partial charge in [-0.25, -0.2) is 0 Å². The van der Waals surface area contributed by atoms with Crippen LogP contribution in [0.1, 0.15) is 0 Å². The average Bonchev–Trinajstić information content (AvgIpc) is 1.98. The highest BCUT2D eigenvalue weighted by Gasteiger charge is 2.37. The predicted molar refractivity (Wildman–Crippen MR) is 38.6 cm³/mol. The largest absolute Gasteiger partial charge is 0.294 e. The highest BCUT2D eigenvalue weighted by Crippen LogP contribution is 2.19. The van der Waals surface area contributed by atoms with E-state index < -0.39 is 9.65 Å². The van der Waals surface area contributed by atoms with Crippen molar-refractivity contribution in [1.29, 1.82) is 0 Å². The first kappa shape index (κ1) is 7.21. The van der Waals surface area contributed by atoms with E-state index in [1.54, 1.807) is 0 Å². The molecular weight excluding hydrogens is 254 g/mol.